The maximum absolute atomic E-state index is 12.7. The van der Waals surface area contributed by atoms with Crippen LogP contribution in [0.2, 0.25) is 0 Å². The predicted molar refractivity (Wildman–Crippen MR) is 122 cm³/mol. The number of carbonyl (C=O) groups excluding carboxylic acids is 1. The molecule has 2 heterocycles. The second-order valence-electron chi connectivity index (χ2n) is 7.80. The molecule has 3 aromatic rings. The minimum absolute atomic E-state index is 0.127. The smallest absolute Gasteiger partial charge is 0.258 e. The van der Waals surface area contributed by atoms with Crippen molar-refractivity contribution in [3.05, 3.63) is 64.7 Å². The molecule has 1 aromatic heterocycles. The van der Waals surface area contributed by atoms with E-state index >= 15 is 0 Å². The highest BCUT2D eigenvalue weighted by atomic mass is 16.5. The first-order chi connectivity index (χ1) is 15.1. The summed E-state index contributed by atoms with van der Waals surface area (Å²) in [5.41, 5.74) is 1.72. The molecule has 4 rings (SSSR count). The number of methoxy groups -OCH3 is 1. The number of benzene rings is 2. The van der Waals surface area contributed by atoms with E-state index in [0.717, 1.165) is 44.0 Å². The number of carbonyl (C=O) groups is 1. The van der Waals surface area contributed by atoms with E-state index in [-0.39, 0.29) is 11.5 Å². The lowest BCUT2D eigenvalue weighted by atomic mass is 10.2. The van der Waals surface area contributed by atoms with Crippen LogP contribution in [0.3, 0.4) is 0 Å². The van der Waals surface area contributed by atoms with E-state index in [1.807, 2.05) is 35.2 Å². The summed E-state index contributed by atoms with van der Waals surface area (Å²) >= 11 is 0. The highest BCUT2D eigenvalue weighted by Gasteiger charge is 2.19. The Balaban J connectivity index is 1.29. The fourth-order valence-electron chi connectivity index (χ4n) is 4.04. The van der Waals surface area contributed by atoms with Crippen molar-refractivity contribution < 1.29 is 9.53 Å². The lowest BCUT2D eigenvalue weighted by Crippen LogP contribution is -2.35. The molecule has 0 aliphatic carbocycles. The fraction of sp³-hybridized carbons (Fsp3) is 0.375. The third-order valence-electron chi connectivity index (χ3n) is 5.75. The minimum atomic E-state index is -0.127. The number of fused-ring (bicyclic) bond motifs is 1. The van der Waals surface area contributed by atoms with Crippen LogP contribution in [0.1, 0.15) is 25.1 Å². The number of aromatic amines is 1. The van der Waals surface area contributed by atoms with Gasteiger partial charge in [0.05, 0.1) is 18.0 Å². The molecule has 0 radical (unpaired) electrons. The SMILES string of the molecule is COc1ccc(N2CCCN(C(=O)CCCc3nc4ccccc4c(=O)[nH]3)CC2)cc1. The maximum Gasteiger partial charge on any atom is 0.258 e. The number of nitrogens with zero attached hydrogens (tertiary/aromatic N) is 3. The molecule has 2 aromatic carbocycles. The Morgan fingerprint density at radius 2 is 1.87 bits per heavy atom. The molecule has 1 saturated heterocycles. The molecule has 31 heavy (non-hydrogen) atoms. The highest BCUT2D eigenvalue weighted by Crippen LogP contribution is 2.21. The summed E-state index contributed by atoms with van der Waals surface area (Å²) in [5.74, 6) is 1.65. The Bertz CT molecular complexity index is 1090. The van der Waals surface area contributed by atoms with E-state index in [2.05, 4.69) is 27.0 Å². The highest BCUT2D eigenvalue weighted by molar-refractivity contribution is 5.77. The minimum Gasteiger partial charge on any atom is -0.497 e. The molecule has 1 fully saturated rings. The quantitative estimate of drug-likeness (QED) is 0.663. The van der Waals surface area contributed by atoms with Gasteiger partial charge in [-0.25, -0.2) is 4.98 Å². The molecular weight excluding hydrogens is 392 g/mol. The fourth-order valence-corrected chi connectivity index (χ4v) is 4.04. The van der Waals surface area contributed by atoms with E-state index in [1.165, 1.54) is 0 Å². The number of para-hydroxylation sites is 1. The topological polar surface area (TPSA) is 78.5 Å². The number of aryl methyl sites for hydroxylation is 1. The van der Waals surface area contributed by atoms with E-state index in [4.69, 9.17) is 4.74 Å². The zero-order chi connectivity index (χ0) is 21.6. The number of aromatic nitrogens is 2. The van der Waals surface area contributed by atoms with Gasteiger partial charge in [0.15, 0.2) is 0 Å². The first kappa shape index (κ1) is 20.9. The second-order valence-corrected chi connectivity index (χ2v) is 7.80. The van der Waals surface area contributed by atoms with Crippen LogP contribution in [0.15, 0.2) is 53.3 Å². The first-order valence-electron chi connectivity index (χ1n) is 10.8. The summed E-state index contributed by atoms with van der Waals surface area (Å²) < 4.78 is 5.23. The number of amides is 1. The lowest BCUT2D eigenvalue weighted by Gasteiger charge is -2.24. The van der Waals surface area contributed by atoms with Gasteiger partial charge < -0.3 is 19.5 Å². The van der Waals surface area contributed by atoms with Gasteiger partial charge in [0.2, 0.25) is 5.91 Å². The molecule has 1 aliphatic rings. The van der Waals surface area contributed by atoms with Crippen LogP contribution in [-0.2, 0) is 11.2 Å². The largest absolute Gasteiger partial charge is 0.497 e. The summed E-state index contributed by atoms with van der Waals surface area (Å²) in [7, 11) is 1.66. The van der Waals surface area contributed by atoms with Crippen molar-refractivity contribution in [3.8, 4) is 5.75 Å². The van der Waals surface area contributed by atoms with Crippen molar-refractivity contribution in [3.63, 3.8) is 0 Å². The van der Waals surface area contributed by atoms with Crippen molar-refractivity contribution in [1.29, 1.82) is 0 Å². The second kappa shape index (κ2) is 9.64. The maximum atomic E-state index is 12.7. The molecule has 0 atom stereocenters. The van der Waals surface area contributed by atoms with E-state index in [1.54, 1.807) is 13.2 Å². The molecule has 0 unspecified atom stereocenters. The molecular formula is C24H28N4O3. The standard InChI is InChI=1S/C24H28N4O3/c1-31-19-12-10-18(11-13-19)27-14-5-15-28(17-16-27)23(29)9-4-8-22-25-21-7-3-2-6-20(21)24(30)26-22/h2-3,6-7,10-13H,4-5,8-9,14-17H2,1H3,(H,25,26,30). The monoisotopic (exact) mass is 420 g/mol. The molecule has 162 valence electrons. The van der Waals surface area contributed by atoms with Gasteiger partial charge in [0.25, 0.3) is 5.56 Å². The third-order valence-corrected chi connectivity index (χ3v) is 5.75. The number of nitrogens with one attached hydrogen (secondary N) is 1. The van der Waals surface area contributed by atoms with Crippen LogP contribution in [0, 0.1) is 0 Å². The molecule has 0 saturated carbocycles. The number of anilines is 1. The van der Waals surface area contributed by atoms with Crippen molar-refractivity contribution >= 4 is 22.5 Å². The summed E-state index contributed by atoms with van der Waals surface area (Å²) in [5, 5.41) is 0.591. The van der Waals surface area contributed by atoms with Crippen molar-refractivity contribution in [1.82, 2.24) is 14.9 Å². The van der Waals surface area contributed by atoms with E-state index < -0.39 is 0 Å². The normalized spacial score (nSPS) is 14.5. The van der Waals surface area contributed by atoms with Crippen molar-refractivity contribution in [2.24, 2.45) is 0 Å². The van der Waals surface area contributed by atoms with Gasteiger partial charge in [-0.05, 0) is 49.2 Å². The molecule has 0 spiro atoms. The Morgan fingerprint density at radius 3 is 2.68 bits per heavy atom. The van der Waals surface area contributed by atoms with E-state index in [0.29, 0.717) is 36.0 Å². The number of rotatable bonds is 6. The average Bonchev–Trinajstić information content (AvgIpc) is 3.06. The molecule has 1 amide bonds. The van der Waals surface area contributed by atoms with Crippen LogP contribution in [0.25, 0.3) is 10.9 Å². The Labute approximate surface area is 181 Å². The van der Waals surface area contributed by atoms with Crippen LogP contribution in [0.4, 0.5) is 5.69 Å². The van der Waals surface area contributed by atoms with Crippen LogP contribution >= 0.6 is 0 Å². The summed E-state index contributed by atoms with van der Waals surface area (Å²) in [4.78, 5) is 36.6. The van der Waals surface area contributed by atoms with Gasteiger partial charge >= 0.3 is 0 Å². The predicted octanol–water partition coefficient (Wildman–Crippen LogP) is 2.99. The third kappa shape index (κ3) is 5.05. The Hall–Kier alpha value is -3.35. The van der Waals surface area contributed by atoms with E-state index in [9.17, 15) is 9.59 Å². The van der Waals surface area contributed by atoms with Crippen LogP contribution < -0.4 is 15.2 Å². The zero-order valence-electron chi connectivity index (χ0n) is 17.8. The summed E-state index contributed by atoms with van der Waals surface area (Å²) in [6.07, 6.45) is 2.65. The summed E-state index contributed by atoms with van der Waals surface area (Å²) in [6, 6.07) is 15.4. The number of ether oxygens (including phenoxy) is 1. The first-order valence-corrected chi connectivity index (χ1v) is 10.8. The number of hydrogen-bond acceptors (Lipinski definition) is 5. The summed E-state index contributed by atoms with van der Waals surface area (Å²) in [6.45, 7) is 3.24. The van der Waals surface area contributed by atoms with Gasteiger partial charge in [-0.2, -0.15) is 0 Å². The van der Waals surface area contributed by atoms with Gasteiger partial charge in [0, 0.05) is 44.7 Å². The average molecular weight is 421 g/mol. The van der Waals surface area contributed by atoms with Crippen LogP contribution in [-0.4, -0.2) is 54.1 Å². The van der Waals surface area contributed by atoms with Gasteiger partial charge in [-0.1, -0.05) is 12.1 Å². The molecule has 0 bridgehead atoms. The van der Waals surface area contributed by atoms with Gasteiger partial charge in [-0.15, -0.1) is 0 Å². The zero-order valence-corrected chi connectivity index (χ0v) is 17.8. The Kier molecular flexibility index (Phi) is 6.50. The molecule has 7 heteroatoms. The Morgan fingerprint density at radius 1 is 1.06 bits per heavy atom. The van der Waals surface area contributed by atoms with Gasteiger partial charge in [0.1, 0.15) is 11.6 Å². The van der Waals surface area contributed by atoms with Crippen molar-refractivity contribution in [2.75, 3.05) is 38.2 Å². The molecule has 1 aliphatic heterocycles. The molecule has 1 N–H and O–H groups in total. The lowest BCUT2D eigenvalue weighted by molar-refractivity contribution is -0.131. The van der Waals surface area contributed by atoms with Crippen molar-refractivity contribution in [2.45, 2.75) is 25.7 Å². The number of hydrogen-bond donors (Lipinski definition) is 1. The van der Waals surface area contributed by atoms with Crippen LogP contribution in [0.5, 0.6) is 5.75 Å². The molecule has 7 nitrogen and oxygen atoms in total. The van der Waals surface area contributed by atoms with Gasteiger partial charge in [-0.3, -0.25) is 9.59 Å². The number of H-pyrrole nitrogens is 1.